The number of nitrogens with one attached hydrogen (secondary N) is 1. The molecular weight excluding hydrogens is 234 g/mol. The zero-order valence-corrected chi connectivity index (χ0v) is 13.2. The molecule has 1 heterocycles. The topological polar surface area (TPSA) is 28.2 Å². The number of rotatable bonds is 8. The first-order valence-corrected chi connectivity index (χ1v) is 7.46. The van der Waals surface area contributed by atoms with E-state index in [1.54, 1.807) is 0 Å². The van der Waals surface area contributed by atoms with Gasteiger partial charge < -0.3 is 10.2 Å². The molecule has 0 saturated heterocycles. The number of anilines is 1. The van der Waals surface area contributed by atoms with Gasteiger partial charge in [0.15, 0.2) is 0 Å². The van der Waals surface area contributed by atoms with Crippen LogP contribution >= 0.6 is 0 Å². The van der Waals surface area contributed by atoms with Crippen LogP contribution in [0, 0.1) is 5.92 Å². The van der Waals surface area contributed by atoms with E-state index >= 15 is 0 Å². The highest BCUT2D eigenvalue weighted by atomic mass is 15.2. The minimum absolute atomic E-state index is 0.703. The molecule has 19 heavy (non-hydrogen) atoms. The zero-order chi connectivity index (χ0) is 14.3. The van der Waals surface area contributed by atoms with Gasteiger partial charge in [0.25, 0.3) is 0 Å². The fourth-order valence-electron chi connectivity index (χ4n) is 2.21. The van der Waals surface area contributed by atoms with Crippen molar-refractivity contribution in [2.24, 2.45) is 5.92 Å². The molecule has 0 aliphatic heterocycles. The fourth-order valence-corrected chi connectivity index (χ4v) is 2.21. The lowest BCUT2D eigenvalue weighted by Crippen LogP contribution is -2.25. The second-order valence-corrected chi connectivity index (χ2v) is 5.50. The number of aryl methyl sites for hydroxylation is 1. The van der Waals surface area contributed by atoms with Gasteiger partial charge in [-0.15, -0.1) is 0 Å². The number of aromatic nitrogens is 1. The maximum atomic E-state index is 4.79. The van der Waals surface area contributed by atoms with E-state index in [2.05, 4.69) is 50.2 Å². The number of hydrogen-bond acceptors (Lipinski definition) is 3. The standard InChI is InChI=1S/C16H29N3/c1-6-8-15-9-14(11-17-4)10-16(18-15)19(5)12-13(3)7-2/h9-10,13,17H,6-8,11-12H2,1-5H3. The molecule has 0 aromatic carbocycles. The summed E-state index contributed by atoms with van der Waals surface area (Å²) in [5.74, 6) is 1.81. The lowest BCUT2D eigenvalue weighted by molar-refractivity contribution is 0.557. The van der Waals surface area contributed by atoms with Gasteiger partial charge in [-0.05, 0) is 37.1 Å². The zero-order valence-electron chi connectivity index (χ0n) is 13.2. The van der Waals surface area contributed by atoms with Crippen LogP contribution in [0.2, 0.25) is 0 Å². The smallest absolute Gasteiger partial charge is 0.128 e. The highest BCUT2D eigenvalue weighted by Crippen LogP contribution is 2.17. The Morgan fingerprint density at radius 1 is 1.32 bits per heavy atom. The fraction of sp³-hybridized carbons (Fsp3) is 0.688. The molecule has 0 spiro atoms. The third kappa shape index (κ3) is 5.19. The summed E-state index contributed by atoms with van der Waals surface area (Å²) < 4.78 is 0. The van der Waals surface area contributed by atoms with Crippen LogP contribution in [0.4, 0.5) is 5.82 Å². The van der Waals surface area contributed by atoms with Gasteiger partial charge in [-0.3, -0.25) is 0 Å². The summed E-state index contributed by atoms with van der Waals surface area (Å²) in [7, 11) is 4.13. The molecule has 0 amide bonds. The van der Waals surface area contributed by atoms with Crippen LogP contribution in [0.3, 0.4) is 0 Å². The molecule has 0 fully saturated rings. The van der Waals surface area contributed by atoms with E-state index in [-0.39, 0.29) is 0 Å². The van der Waals surface area contributed by atoms with E-state index < -0.39 is 0 Å². The minimum atomic E-state index is 0.703. The van der Waals surface area contributed by atoms with Gasteiger partial charge in [-0.1, -0.05) is 33.6 Å². The molecule has 3 heteroatoms. The van der Waals surface area contributed by atoms with Gasteiger partial charge in [0.2, 0.25) is 0 Å². The van der Waals surface area contributed by atoms with Gasteiger partial charge in [-0.2, -0.15) is 0 Å². The van der Waals surface area contributed by atoms with Crippen molar-refractivity contribution in [3.63, 3.8) is 0 Å². The van der Waals surface area contributed by atoms with Crippen molar-refractivity contribution in [1.29, 1.82) is 0 Å². The van der Waals surface area contributed by atoms with Crippen molar-refractivity contribution < 1.29 is 0 Å². The molecule has 1 rings (SSSR count). The van der Waals surface area contributed by atoms with Crippen LogP contribution in [0.5, 0.6) is 0 Å². The Kier molecular flexibility index (Phi) is 6.85. The molecule has 1 atom stereocenters. The maximum absolute atomic E-state index is 4.79. The molecule has 0 radical (unpaired) electrons. The number of pyridine rings is 1. The average molecular weight is 263 g/mol. The second kappa shape index (κ2) is 8.16. The Balaban J connectivity index is 2.90. The van der Waals surface area contributed by atoms with E-state index in [1.807, 2.05) is 7.05 Å². The molecule has 0 bridgehead atoms. The van der Waals surface area contributed by atoms with Crippen LogP contribution in [-0.2, 0) is 13.0 Å². The molecule has 108 valence electrons. The Morgan fingerprint density at radius 2 is 2.05 bits per heavy atom. The molecule has 1 aromatic heterocycles. The van der Waals surface area contributed by atoms with E-state index in [0.717, 1.165) is 31.7 Å². The summed E-state index contributed by atoms with van der Waals surface area (Å²) in [5, 5.41) is 3.23. The van der Waals surface area contributed by atoms with Crippen LogP contribution < -0.4 is 10.2 Å². The first-order valence-electron chi connectivity index (χ1n) is 7.46. The van der Waals surface area contributed by atoms with Crippen molar-refractivity contribution in [2.75, 3.05) is 25.5 Å². The number of nitrogens with zero attached hydrogens (tertiary/aromatic N) is 2. The van der Waals surface area contributed by atoms with Crippen molar-refractivity contribution in [2.45, 2.75) is 46.6 Å². The second-order valence-electron chi connectivity index (χ2n) is 5.50. The highest BCUT2D eigenvalue weighted by Gasteiger charge is 2.09. The number of hydrogen-bond donors (Lipinski definition) is 1. The lowest BCUT2D eigenvalue weighted by atomic mass is 10.1. The van der Waals surface area contributed by atoms with Crippen LogP contribution in [0.15, 0.2) is 12.1 Å². The van der Waals surface area contributed by atoms with Gasteiger partial charge in [0, 0.05) is 25.8 Å². The Hall–Kier alpha value is -1.09. The van der Waals surface area contributed by atoms with Crippen molar-refractivity contribution in [1.82, 2.24) is 10.3 Å². The highest BCUT2D eigenvalue weighted by molar-refractivity contribution is 5.42. The van der Waals surface area contributed by atoms with E-state index in [4.69, 9.17) is 4.98 Å². The van der Waals surface area contributed by atoms with E-state index in [1.165, 1.54) is 17.7 Å². The first-order chi connectivity index (χ1) is 9.10. The molecule has 1 aromatic rings. The molecule has 3 nitrogen and oxygen atoms in total. The average Bonchev–Trinajstić information content (AvgIpc) is 2.39. The summed E-state index contributed by atoms with van der Waals surface area (Å²) in [4.78, 5) is 7.08. The van der Waals surface area contributed by atoms with Crippen LogP contribution in [0.1, 0.15) is 44.9 Å². The predicted molar refractivity (Wildman–Crippen MR) is 83.7 cm³/mol. The molecular formula is C16H29N3. The minimum Gasteiger partial charge on any atom is -0.359 e. The third-order valence-corrected chi connectivity index (χ3v) is 3.49. The van der Waals surface area contributed by atoms with Crippen molar-refractivity contribution >= 4 is 5.82 Å². The molecule has 0 aliphatic carbocycles. The molecule has 0 aliphatic rings. The molecule has 1 N–H and O–H groups in total. The normalized spacial score (nSPS) is 12.5. The quantitative estimate of drug-likeness (QED) is 0.780. The maximum Gasteiger partial charge on any atom is 0.128 e. The summed E-state index contributed by atoms with van der Waals surface area (Å²) in [6.45, 7) is 8.71. The summed E-state index contributed by atoms with van der Waals surface area (Å²) in [6, 6.07) is 4.43. The lowest BCUT2D eigenvalue weighted by Gasteiger charge is -2.23. The van der Waals surface area contributed by atoms with E-state index in [0.29, 0.717) is 5.92 Å². The Labute approximate surface area is 118 Å². The Bertz CT molecular complexity index is 352. The van der Waals surface area contributed by atoms with Crippen molar-refractivity contribution in [3.8, 4) is 0 Å². The van der Waals surface area contributed by atoms with Gasteiger partial charge in [0.05, 0.1) is 0 Å². The van der Waals surface area contributed by atoms with Crippen LogP contribution in [0.25, 0.3) is 0 Å². The summed E-state index contributed by atoms with van der Waals surface area (Å²) in [5.41, 5.74) is 2.54. The molecule has 0 saturated carbocycles. The van der Waals surface area contributed by atoms with Gasteiger partial charge in [0.1, 0.15) is 5.82 Å². The van der Waals surface area contributed by atoms with Gasteiger partial charge in [-0.25, -0.2) is 4.98 Å². The van der Waals surface area contributed by atoms with Gasteiger partial charge >= 0.3 is 0 Å². The monoisotopic (exact) mass is 263 g/mol. The van der Waals surface area contributed by atoms with Crippen molar-refractivity contribution in [3.05, 3.63) is 23.4 Å². The van der Waals surface area contributed by atoms with Crippen LogP contribution in [-0.4, -0.2) is 25.6 Å². The SMILES string of the molecule is CCCc1cc(CNC)cc(N(C)CC(C)CC)n1. The largest absolute Gasteiger partial charge is 0.359 e. The Morgan fingerprint density at radius 3 is 2.63 bits per heavy atom. The molecule has 1 unspecified atom stereocenters. The third-order valence-electron chi connectivity index (χ3n) is 3.49. The summed E-state index contributed by atoms with van der Waals surface area (Å²) in [6.07, 6.45) is 3.41. The summed E-state index contributed by atoms with van der Waals surface area (Å²) >= 11 is 0. The first kappa shape index (κ1) is 16.0. The predicted octanol–water partition coefficient (Wildman–Crippen LogP) is 3.24. The van der Waals surface area contributed by atoms with E-state index in [9.17, 15) is 0 Å².